The zero-order valence-electron chi connectivity index (χ0n) is 13.8. The van der Waals surface area contributed by atoms with Crippen LogP contribution in [-0.4, -0.2) is 48.2 Å². The topological polar surface area (TPSA) is 70.3 Å². The Morgan fingerprint density at radius 3 is 3.04 bits per heavy atom. The van der Waals surface area contributed by atoms with Gasteiger partial charge in [0.05, 0.1) is 11.6 Å². The maximum Gasteiger partial charge on any atom is 0.139 e. The zero-order chi connectivity index (χ0) is 16.5. The average molecular weight is 324 g/mol. The van der Waals surface area contributed by atoms with Crippen molar-refractivity contribution in [2.75, 3.05) is 42.3 Å². The summed E-state index contributed by atoms with van der Waals surface area (Å²) in [5.74, 6) is 2.74. The molecule has 1 atom stereocenters. The Morgan fingerprint density at radius 1 is 1.25 bits per heavy atom. The molecule has 0 radical (unpaired) electrons. The maximum atomic E-state index is 5.47. The van der Waals surface area contributed by atoms with E-state index in [4.69, 9.17) is 4.42 Å². The summed E-state index contributed by atoms with van der Waals surface area (Å²) in [6.07, 6.45) is 6.15. The molecule has 1 aliphatic rings. The Balaban J connectivity index is 1.49. The van der Waals surface area contributed by atoms with Crippen molar-refractivity contribution in [1.29, 1.82) is 0 Å². The fraction of sp³-hybridized carbons (Fsp3) is 0.353. The van der Waals surface area contributed by atoms with Crippen LogP contribution in [0, 0.1) is 0 Å². The highest BCUT2D eigenvalue weighted by atomic mass is 16.3. The molecule has 4 rings (SSSR count). The van der Waals surface area contributed by atoms with Gasteiger partial charge >= 0.3 is 0 Å². The largest absolute Gasteiger partial charge is 0.464 e. The Bertz CT molecular complexity index is 846. The SMILES string of the molecule is CN(C)c1cc(NC2CCN(c3nccc4occc34)C2)ncn1. The Morgan fingerprint density at radius 2 is 2.17 bits per heavy atom. The fourth-order valence-electron chi connectivity index (χ4n) is 3.08. The highest BCUT2D eigenvalue weighted by Gasteiger charge is 2.25. The smallest absolute Gasteiger partial charge is 0.139 e. The average Bonchev–Trinajstić information content (AvgIpc) is 3.23. The van der Waals surface area contributed by atoms with Crippen LogP contribution in [-0.2, 0) is 0 Å². The highest BCUT2D eigenvalue weighted by molar-refractivity contribution is 5.88. The molecule has 3 aromatic heterocycles. The van der Waals surface area contributed by atoms with Crippen molar-refractivity contribution in [3.05, 3.63) is 37.0 Å². The highest BCUT2D eigenvalue weighted by Crippen LogP contribution is 2.28. The first-order chi connectivity index (χ1) is 11.7. The van der Waals surface area contributed by atoms with Gasteiger partial charge in [-0.1, -0.05) is 0 Å². The molecule has 3 aromatic rings. The second-order valence-electron chi connectivity index (χ2n) is 6.20. The van der Waals surface area contributed by atoms with E-state index in [2.05, 4.69) is 25.2 Å². The van der Waals surface area contributed by atoms with Gasteiger partial charge in [0.1, 0.15) is 29.4 Å². The molecule has 24 heavy (non-hydrogen) atoms. The number of nitrogens with one attached hydrogen (secondary N) is 1. The van der Waals surface area contributed by atoms with Gasteiger partial charge in [-0.2, -0.15) is 0 Å². The summed E-state index contributed by atoms with van der Waals surface area (Å²) in [7, 11) is 3.95. The Hall–Kier alpha value is -2.83. The van der Waals surface area contributed by atoms with Crippen LogP contribution in [0.4, 0.5) is 17.5 Å². The van der Waals surface area contributed by atoms with Crippen molar-refractivity contribution in [1.82, 2.24) is 15.0 Å². The van der Waals surface area contributed by atoms with Crippen molar-refractivity contribution in [3.63, 3.8) is 0 Å². The first-order valence-corrected chi connectivity index (χ1v) is 8.04. The Kier molecular flexibility index (Phi) is 3.68. The summed E-state index contributed by atoms with van der Waals surface area (Å²) in [4.78, 5) is 17.4. The molecule has 1 fully saturated rings. The summed E-state index contributed by atoms with van der Waals surface area (Å²) >= 11 is 0. The van der Waals surface area contributed by atoms with Crippen LogP contribution in [0.3, 0.4) is 0 Å². The van der Waals surface area contributed by atoms with Crippen LogP contribution in [0.25, 0.3) is 11.0 Å². The molecule has 1 aliphatic heterocycles. The van der Waals surface area contributed by atoms with E-state index in [9.17, 15) is 0 Å². The van der Waals surface area contributed by atoms with E-state index in [-0.39, 0.29) is 0 Å². The number of furan rings is 1. The molecule has 7 nitrogen and oxygen atoms in total. The summed E-state index contributed by atoms with van der Waals surface area (Å²) in [5.41, 5.74) is 0.878. The predicted molar refractivity (Wildman–Crippen MR) is 94.6 cm³/mol. The number of hydrogen-bond donors (Lipinski definition) is 1. The first-order valence-electron chi connectivity index (χ1n) is 8.04. The van der Waals surface area contributed by atoms with Gasteiger partial charge in [0.25, 0.3) is 0 Å². The minimum atomic E-state index is 0.332. The molecule has 0 saturated carbocycles. The molecule has 0 amide bonds. The van der Waals surface area contributed by atoms with Gasteiger partial charge in [0.2, 0.25) is 0 Å². The molecular weight excluding hydrogens is 304 g/mol. The van der Waals surface area contributed by atoms with Crippen LogP contribution in [0.15, 0.2) is 41.4 Å². The van der Waals surface area contributed by atoms with Gasteiger partial charge in [0, 0.05) is 45.5 Å². The monoisotopic (exact) mass is 324 g/mol. The van der Waals surface area contributed by atoms with Gasteiger partial charge in [-0.15, -0.1) is 0 Å². The maximum absolute atomic E-state index is 5.47. The van der Waals surface area contributed by atoms with Gasteiger partial charge in [-0.05, 0) is 18.6 Å². The second-order valence-corrected chi connectivity index (χ2v) is 6.20. The van der Waals surface area contributed by atoms with Gasteiger partial charge < -0.3 is 19.5 Å². The number of fused-ring (bicyclic) bond motifs is 1. The van der Waals surface area contributed by atoms with Crippen molar-refractivity contribution in [2.45, 2.75) is 12.5 Å². The molecule has 1 saturated heterocycles. The summed E-state index contributed by atoms with van der Waals surface area (Å²) in [6.45, 7) is 1.85. The van der Waals surface area contributed by atoms with Crippen molar-refractivity contribution in [3.8, 4) is 0 Å². The van der Waals surface area contributed by atoms with Crippen molar-refractivity contribution in [2.24, 2.45) is 0 Å². The quantitative estimate of drug-likeness (QED) is 0.790. The number of aromatic nitrogens is 3. The molecule has 4 heterocycles. The third kappa shape index (κ3) is 2.73. The van der Waals surface area contributed by atoms with Gasteiger partial charge in [-0.3, -0.25) is 0 Å². The molecule has 1 N–H and O–H groups in total. The molecule has 1 unspecified atom stereocenters. The molecule has 7 heteroatoms. The lowest BCUT2D eigenvalue weighted by molar-refractivity contribution is 0.615. The molecule has 124 valence electrons. The zero-order valence-corrected chi connectivity index (χ0v) is 13.8. The molecule has 0 bridgehead atoms. The standard InChI is InChI=1S/C17H20N6O/c1-22(2)16-9-15(19-11-20-16)21-12-4-7-23(10-12)17-13-5-8-24-14(13)3-6-18-17/h3,5-6,8-9,11-12H,4,7,10H2,1-2H3,(H,19,20,21). The van der Waals surface area contributed by atoms with E-state index in [0.717, 1.165) is 47.9 Å². The van der Waals surface area contributed by atoms with E-state index >= 15 is 0 Å². The Labute approximate surface area is 140 Å². The lowest BCUT2D eigenvalue weighted by atomic mass is 10.2. The molecule has 0 spiro atoms. The van der Waals surface area contributed by atoms with Crippen LogP contribution in [0.5, 0.6) is 0 Å². The van der Waals surface area contributed by atoms with Crippen LogP contribution in [0.1, 0.15) is 6.42 Å². The van der Waals surface area contributed by atoms with Gasteiger partial charge in [-0.25, -0.2) is 15.0 Å². The van der Waals surface area contributed by atoms with E-state index < -0.39 is 0 Å². The van der Waals surface area contributed by atoms with Crippen LogP contribution < -0.4 is 15.1 Å². The lowest BCUT2D eigenvalue weighted by Crippen LogP contribution is -2.27. The molecule has 0 aromatic carbocycles. The van der Waals surface area contributed by atoms with E-state index in [1.807, 2.05) is 37.2 Å². The van der Waals surface area contributed by atoms with Crippen molar-refractivity contribution < 1.29 is 4.42 Å². The van der Waals surface area contributed by atoms with E-state index in [1.165, 1.54) is 0 Å². The number of rotatable bonds is 4. The number of nitrogens with zero attached hydrogens (tertiary/aromatic N) is 5. The lowest BCUT2D eigenvalue weighted by Gasteiger charge is -2.19. The minimum absolute atomic E-state index is 0.332. The summed E-state index contributed by atoms with van der Waals surface area (Å²) < 4.78 is 5.47. The summed E-state index contributed by atoms with van der Waals surface area (Å²) in [5, 5.41) is 4.57. The summed E-state index contributed by atoms with van der Waals surface area (Å²) in [6, 6.07) is 6.18. The fourth-order valence-corrected chi connectivity index (χ4v) is 3.08. The minimum Gasteiger partial charge on any atom is -0.464 e. The number of anilines is 3. The van der Waals surface area contributed by atoms with Crippen LogP contribution >= 0.6 is 0 Å². The third-order valence-corrected chi connectivity index (χ3v) is 4.31. The normalized spacial score (nSPS) is 17.4. The van der Waals surface area contributed by atoms with E-state index in [1.54, 1.807) is 18.8 Å². The van der Waals surface area contributed by atoms with E-state index in [0.29, 0.717) is 6.04 Å². The van der Waals surface area contributed by atoms with Gasteiger partial charge in [0.15, 0.2) is 0 Å². The molecular formula is C17H20N6O. The predicted octanol–water partition coefficient (Wildman–Crippen LogP) is 2.37. The first kappa shape index (κ1) is 14.7. The molecule has 0 aliphatic carbocycles. The second kappa shape index (κ2) is 5.99. The number of hydrogen-bond acceptors (Lipinski definition) is 7. The van der Waals surface area contributed by atoms with Crippen molar-refractivity contribution >= 4 is 28.4 Å². The third-order valence-electron chi connectivity index (χ3n) is 4.31. The number of pyridine rings is 1. The van der Waals surface area contributed by atoms with Crippen LogP contribution in [0.2, 0.25) is 0 Å².